The van der Waals surface area contributed by atoms with Gasteiger partial charge in [0.25, 0.3) is 0 Å². The highest BCUT2D eigenvalue weighted by Gasteiger charge is 2.53. The van der Waals surface area contributed by atoms with E-state index >= 15 is 0 Å². The molecule has 3 aliphatic heterocycles. The molecule has 0 spiro atoms. The highest BCUT2D eigenvalue weighted by molar-refractivity contribution is 6.31. The van der Waals surface area contributed by atoms with Crippen molar-refractivity contribution in [3.63, 3.8) is 0 Å². The smallest absolute Gasteiger partial charge is 0.311 e. The van der Waals surface area contributed by atoms with Gasteiger partial charge >= 0.3 is 5.97 Å². The summed E-state index contributed by atoms with van der Waals surface area (Å²) in [4.78, 5) is 36.2. The zero-order valence-corrected chi connectivity index (χ0v) is 45.3. The number of benzene rings is 1. The fourth-order valence-electron chi connectivity index (χ4n) is 11.0. The summed E-state index contributed by atoms with van der Waals surface area (Å²) < 4.78 is 45.4. The maximum Gasteiger partial charge on any atom is 0.311 e. The molecule has 71 heavy (non-hydrogen) atoms. The van der Waals surface area contributed by atoms with Crippen LogP contribution in [-0.4, -0.2) is 192 Å². The summed E-state index contributed by atoms with van der Waals surface area (Å²) in [6.07, 6.45) is -6.46. The summed E-state index contributed by atoms with van der Waals surface area (Å²) in [5, 5.41) is 55.5. The number of carbonyl (C=O) groups is 2. The van der Waals surface area contributed by atoms with Crippen LogP contribution in [0, 0.1) is 17.8 Å². The Morgan fingerprint density at radius 2 is 1.69 bits per heavy atom. The monoisotopic (exact) mass is 1020 g/mol. The Morgan fingerprint density at radius 3 is 2.35 bits per heavy atom. The Balaban J connectivity index is 1.44. The molecule has 2 aromatic rings. The maximum absolute atomic E-state index is 14.6. The summed E-state index contributed by atoms with van der Waals surface area (Å²) >= 11 is 6.17. The Morgan fingerprint density at radius 1 is 0.986 bits per heavy atom. The number of amides is 1. The zero-order valence-electron chi connectivity index (χ0n) is 44.6. The number of cyclic esters (lactones) is 1. The summed E-state index contributed by atoms with van der Waals surface area (Å²) in [5.74, 6) is -2.95. The number of pyridine rings is 1. The minimum Gasteiger partial charge on any atom is -0.459 e. The third-order valence-electron chi connectivity index (χ3n) is 15.3. The molecule has 404 valence electrons. The first-order chi connectivity index (χ1) is 33.2. The zero-order chi connectivity index (χ0) is 52.7. The van der Waals surface area contributed by atoms with Crippen LogP contribution in [0.3, 0.4) is 0 Å². The number of fused-ring (bicyclic) bond motifs is 1. The molecule has 0 aliphatic carbocycles. The first-order valence-electron chi connectivity index (χ1n) is 25.5. The number of anilines is 1. The van der Waals surface area contributed by atoms with E-state index in [1.54, 1.807) is 53.8 Å². The minimum absolute atomic E-state index is 0.0456. The van der Waals surface area contributed by atoms with Crippen LogP contribution in [0.1, 0.15) is 101 Å². The Hall–Kier alpha value is -2.82. The van der Waals surface area contributed by atoms with Crippen LogP contribution in [-0.2, 0) is 42.7 Å². The molecule has 3 fully saturated rings. The van der Waals surface area contributed by atoms with E-state index < -0.39 is 96.0 Å². The molecule has 4 heterocycles. The van der Waals surface area contributed by atoms with Crippen molar-refractivity contribution in [2.75, 3.05) is 59.8 Å². The average Bonchev–Trinajstić information content (AvgIpc) is 3.30. The highest BCUT2D eigenvalue weighted by atomic mass is 35.5. The van der Waals surface area contributed by atoms with Gasteiger partial charge in [0.1, 0.15) is 30.0 Å². The van der Waals surface area contributed by atoms with E-state index in [4.69, 9.17) is 44.8 Å². The molecule has 5 rings (SSSR count). The van der Waals surface area contributed by atoms with Crippen molar-refractivity contribution in [1.29, 1.82) is 0 Å². The standard InChI is InChI=1S/C52H86ClN5O13/c1-15-40-52(10,64)45(60)33(6)58(13)28-29(2)26-50(8,63)47(31(4)43(32(5)48(62)69-40)70-42-27-51(9,65-14)46(61)34(7)68-42)71-49-44(39(57(11)12)24-30(3)67-49)66-23-19-41(59)56-22-21-55-37-18-20-54-38-25-35(53)16-17-36(37)38/h16-18,20,25,29-34,39-40,42-47,49,60-61,63-64H,15,19,21-24,26-28H2,1-14H3,(H,54,55)(H,56,59)/t29-,30-,31+,32-,33-,34+,39+,40-,42+,43+,44-,45-,46+,47-,49+,50-,51-,52-/m1/s1. The molecule has 0 unspecified atom stereocenters. The molecule has 19 heteroatoms. The van der Waals surface area contributed by atoms with Gasteiger partial charge < -0.3 is 74.0 Å². The van der Waals surface area contributed by atoms with Crippen molar-refractivity contribution >= 4 is 40.1 Å². The van der Waals surface area contributed by atoms with Crippen molar-refractivity contribution in [1.82, 2.24) is 20.1 Å². The number of aliphatic hydroxyl groups excluding tert-OH is 2. The Labute approximate surface area is 426 Å². The van der Waals surface area contributed by atoms with Gasteiger partial charge in [0, 0.05) is 79.9 Å². The van der Waals surface area contributed by atoms with Gasteiger partial charge in [-0.05, 0) is 119 Å². The second kappa shape index (κ2) is 25.1. The van der Waals surface area contributed by atoms with Crippen molar-refractivity contribution in [3.8, 4) is 0 Å². The van der Waals surface area contributed by atoms with Crippen molar-refractivity contribution in [2.24, 2.45) is 17.8 Å². The minimum atomic E-state index is -1.84. The highest BCUT2D eigenvalue weighted by Crippen LogP contribution is 2.41. The molecule has 3 saturated heterocycles. The van der Waals surface area contributed by atoms with Gasteiger partial charge in [-0.3, -0.25) is 14.6 Å². The first-order valence-corrected chi connectivity index (χ1v) is 25.8. The molecule has 0 radical (unpaired) electrons. The number of nitrogens with zero attached hydrogens (tertiary/aromatic N) is 3. The van der Waals surface area contributed by atoms with E-state index in [1.165, 1.54) is 14.0 Å². The third kappa shape index (κ3) is 14.5. The number of halogens is 1. The molecule has 18 atom stereocenters. The fourth-order valence-corrected chi connectivity index (χ4v) is 11.1. The molecular weight excluding hydrogens is 938 g/mol. The summed E-state index contributed by atoms with van der Waals surface area (Å²) in [7, 11) is 7.25. The molecule has 3 aliphatic rings. The second-order valence-corrected chi connectivity index (χ2v) is 22.0. The molecule has 1 aromatic heterocycles. The van der Waals surface area contributed by atoms with Crippen LogP contribution in [0.4, 0.5) is 5.69 Å². The van der Waals surface area contributed by atoms with Gasteiger partial charge in [-0.2, -0.15) is 0 Å². The lowest BCUT2D eigenvalue weighted by Crippen LogP contribution is -2.61. The number of esters is 1. The topological polar surface area (TPSA) is 223 Å². The number of carbonyl (C=O) groups excluding carboxylic acids is 2. The van der Waals surface area contributed by atoms with Crippen LogP contribution >= 0.6 is 11.6 Å². The number of likely N-dealkylation sites (N-methyl/N-ethyl adjacent to an activating group) is 2. The number of ether oxygens (including phenoxy) is 7. The SMILES string of the molecule is CC[C@H]1OC(=O)[C@H](C)[C@@H](O[C@H]2C[C@@](C)(OC)[C@@H](O)[C@H](C)O2)[C@H](C)[C@@H](O[C@@H]2O[C@H](C)C[C@H](N(C)C)[C@H]2OCCC(=O)NCCNc2ccnc3cc(Cl)ccc23)[C@](C)(O)C[C@@H](C)CN(C)[C@H](C)[C@@H](O)[C@]1(C)O. The number of methoxy groups -OCH3 is 1. The second-order valence-electron chi connectivity index (χ2n) is 21.6. The summed E-state index contributed by atoms with van der Waals surface area (Å²) in [5.41, 5.74) is -2.88. The third-order valence-corrected chi connectivity index (χ3v) is 15.5. The van der Waals surface area contributed by atoms with Crippen LogP contribution in [0.25, 0.3) is 10.9 Å². The Kier molecular flexibility index (Phi) is 20.9. The molecule has 6 N–H and O–H groups in total. The molecule has 1 aromatic carbocycles. The lowest BCUT2D eigenvalue weighted by molar-refractivity contribution is -0.321. The normalized spacial score (nSPS) is 39.4. The van der Waals surface area contributed by atoms with Crippen LogP contribution in [0.15, 0.2) is 30.5 Å². The molecule has 0 saturated carbocycles. The quantitative estimate of drug-likeness (QED) is 0.105. The summed E-state index contributed by atoms with van der Waals surface area (Å²) in [6.45, 7) is 19.0. The van der Waals surface area contributed by atoms with Gasteiger partial charge in [0.2, 0.25) is 5.91 Å². The average molecular weight is 1020 g/mol. The summed E-state index contributed by atoms with van der Waals surface area (Å²) in [6, 6.07) is 6.60. The Bertz CT molecular complexity index is 2030. The number of hydrogen-bond donors (Lipinski definition) is 6. The van der Waals surface area contributed by atoms with Gasteiger partial charge in [-0.15, -0.1) is 0 Å². The number of rotatable bonds is 15. The predicted octanol–water partition coefficient (Wildman–Crippen LogP) is 4.75. The van der Waals surface area contributed by atoms with E-state index in [1.807, 2.05) is 69.9 Å². The van der Waals surface area contributed by atoms with Crippen molar-refractivity contribution in [2.45, 2.75) is 192 Å². The number of aromatic nitrogens is 1. The lowest BCUT2D eigenvalue weighted by Gasteiger charge is -2.49. The van der Waals surface area contributed by atoms with Gasteiger partial charge in [-0.1, -0.05) is 32.4 Å². The number of aliphatic hydroxyl groups is 4. The molecular formula is C52H86ClN5O13. The predicted molar refractivity (Wildman–Crippen MR) is 271 cm³/mol. The van der Waals surface area contributed by atoms with E-state index in [-0.39, 0.29) is 56.3 Å². The van der Waals surface area contributed by atoms with Gasteiger partial charge in [-0.25, -0.2) is 0 Å². The molecule has 18 nitrogen and oxygen atoms in total. The van der Waals surface area contributed by atoms with E-state index in [2.05, 4.69) is 15.6 Å². The van der Waals surface area contributed by atoms with E-state index in [0.29, 0.717) is 31.1 Å². The fraction of sp³-hybridized carbons (Fsp3) is 0.788. The number of nitrogens with one attached hydrogen (secondary N) is 2. The van der Waals surface area contributed by atoms with Crippen LogP contribution in [0.5, 0.6) is 0 Å². The molecule has 1 amide bonds. The van der Waals surface area contributed by atoms with Gasteiger partial charge in [0.15, 0.2) is 12.6 Å². The van der Waals surface area contributed by atoms with Crippen LogP contribution in [0.2, 0.25) is 5.02 Å². The van der Waals surface area contributed by atoms with Crippen molar-refractivity contribution in [3.05, 3.63) is 35.5 Å². The maximum atomic E-state index is 14.6. The lowest BCUT2D eigenvalue weighted by atomic mass is 9.77. The first kappa shape index (κ1) is 59.1. The van der Waals surface area contributed by atoms with E-state index in [0.717, 1.165) is 16.6 Å². The molecule has 0 bridgehead atoms. The van der Waals surface area contributed by atoms with Crippen molar-refractivity contribution < 1.29 is 63.2 Å². The largest absolute Gasteiger partial charge is 0.459 e. The van der Waals surface area contributed by atoms with Gasteiger partial charge in [0.05, 0.1) is 53.7 Å². The van der Waals surface area contributed by atoms with E-state index in [9.17, 15) is 30.0 Å². The number of hydrogen-bond acceptors (Lipinski definition) is 17. The van der Waals surface area contributed by atoms with Crippen LogP contribution < -0.4 is 10.6 Å².